The average molecular weight is 391 g/mol. The van der Waals surface area contributed by atoms with E-state index in [-0.39, 0.29) is 11.3 Å². The normalized spacial score (nSPS) is 17.0. The quantitative estimate of drug-likeness (QED) is 0.695. The van der Waals surface area contributed by atoms with Gasteiger partial charge in [0.05, 0.1) is 15.5 Å². The van der Waals surface area contributed by atoms with Crippen LogP contribution >= 0.6 is 34.4 Å². The minimum atomic E-state index is -0.0409. The molecule has 0 spiro atoms. The molecule has 0 saturated carbocycles. The van der Waals surface area contributed by atoms with E-state index in [2.05, 4.69) is 32.2 Å². The van der Waals surface area contributed by atoms with E-state index in [1.807, 2.05) is 17.5 Å². The predicted molar refractivity (Wildman–Crippen MR) is 108 cm³/mol. The lowest BCUT2D eigenvalue weighted by Gasteiger charge is -2.33. The van der Waals surface area contributed by atoms with Crippen LogP contribution in [0.4, 0.5) is 5.00 Å². The van der Waals surface area contributed by atoms with E-state index in [1.165, 1.54) is 16.6 Å². The Morgan fingerprint density at radius 1 is 1.48 bits per heavy atom. The first-order valence-corrected chi connectivity index (χ1v) is 11.1. The van der Waals surface area contributed by atoms with Crippen molar-refractivity contribution in [2.24, 2.45) is 11.3 Å². The van der Waals surface area contributed by atoms with Crippen LogP contribution in [-0.2, 0) is 17.6 Å². The zero-order valence-electron chi connectivity index (χ0n) is 14.7. The Labute approximate surface area is 161 Å². The van der Waals surface area contributed by atoms with Gasteiger partial charge < -0.3 is 5.32 Å². The second-order valence-corrected chi connectivity index (χ2v) is 10.7. The topological polar surface area (TPSA) is 52.9 Å². The van der Waals surface area contributed by atoms with E-state index in [4.69, 9.17) is 0 Å². The molecule has 0 bridgehead atoms. The zero-order chi connectivity index (χ0) is 18.0. The van der Waals surface area contributed by atoms with Crippen molar-refractivity contribution in [3.8, 4) is 6.07 Å². The molecular weight excluding hydrogens is 368 g/mol. The van der Waals surface area contributed by atoms with Gasteiger partial charge in [-0.25, -0.2) is 0 Å². The van der Waals surface area contributed by atoms with Gasteiger partial charge in [0.2, 0.25) is 5.91 Å². The van der Waals surface area contributed by atoms with Gasteiger partial charge in [-0.15, -0.1) is 34.4 Å². The fraction of sp³-hybridized carbons (Fsp3) is 0.474. The number of carbonyl (C=O) groups excluding carboxylic acids is 1. The molecule has 1 aliphatic rings. The highest BCUT2D eigenvalue weighted by Gasteiger charge is 2.32. The van der Waals surface area contributed by atoms with Crippen molar-refractivity contribution in [2.75, 3.05) is 11.1 Å². The number of nitrogens with zero attached hydrogens (tertiary/aromatic N) is 1. The number of fused-ring (bicyclic) bond motifs is 1. The van der Waals surface area contributed by atoms with Crippen molar-refractivity contribution >= 4 is 45.3 Å². The van der Waals surface area contributed by atoms with Crippen molar-refractivity contribution in [3.05, 3.63) is 33.5 Å². The maximum atomic E-state index is 12.3. The Bertz CT molecular complexity index is 794. The van der Waals surface area contributed by atoms with Gasteiger partial charge in [0.15, 0.2) is 0 Å². The smallest absolute Gasteiger partial charge is 0.235 e. The number of nitriles is 1. The van der Waals surface area contributed by atoms with Crippen molar-refractivity contribution in [3.63, 3.8) is 0 Å². The summed E-state index contributed by atoms with van der Waals surface area (Å²) < 4.78 is 1.13. The molecule has 3 rings (SSSR count). The summed E-state index contributed by atoms with van der Waals surface area (Å²) in [6.45, 7) is 6.85. The molecule has 6 heteroatoms. The Hall–Kier alpha value is -1.29. The lowest BCUT2D eigenvalue weighted by atomic mass is 9.72. The molecule has 2 aromatic heterocycles. The predicted octanol–water partition coefficient (Wildman–Crippen LogP) is 5.56. The molecule has 3 nitrogen and oxygen atoms in total. The number of rotatable bonds is 4. The monoisotopic (exact) mass is 390 g/mol. The SMILES string of the molecule is CC(C)(C)[C@@H]1CCc2c(sc(NC(=O)CSc3cccs3)c2C#N)C1. The van der Waals surface area contributed by atoms with E-state index < -0.39 is 0 Å². The van der Waals surface area contributed by atoms with Gasteiger partial charge >= 0.3 is 0 Å². The number of hydrogen-bond acceptors (Lipinski definition) is 5. The highest BCUT2D eigenvalue weighted by molar-refractivity contribution is 8.01. The summed E-state index contributed by atoms with van der Waals surface area (Å²) in [6.07, 6.45) is 3.07. The van der Waals surface area contributed by atoms with Gasteiger partial charge in [0.1, 0.15) is 11.1 Å². The minimum absolute atomic E-state index is 0.0409. The van der Waals surface area contributed by atoms with Gasteiger partial charge in [-0.3, -0.25) is 4.79 Å². The molecule has 0 saturated heterocycles. The highest BCUT2D eigenvalue weighted by atomic mass is 32.2. The van der Waals surface area contributed by atoms with Crippen LogP contribution in [0.5, 0.6) is 0 Å². The van der Waals surface area contributed by atoms with Crippen LogP contribution in [-0.4, -0.2) is 11.7 Å². The average Bonchev–Trinajstić information content (AvgIpc) is 3.18. The number of hydrogen-bond donors (Lipinski definition) is 1. The fourth-order valence-electron chi connectivity index (χ4n) is 3.18. The molecule has 0 aliphatic heterocycles. The lowest BCUT2D eigenvalue weighted by molar-refractivity contribution is -0.113. The van der Waals surface area contributed by atoms with Crippen LogP contribution in [0.3, 0.4) is 0 Å². The van der Waals surface area contributed by atoms with Crippen molar-refractivity contribution in [1.29, 1.82) is 5.26 Å². The first-order valence-electron chi connectivity index (χ1n) is 8.39. The summed E-state index contributed by atoms with van der Waals surface area (Å²) in [4.78, 5) is 13.6. The number of anilines is 1. The Morgan fingerprint density at radius 3 is 2.92 bits per heavy atom. The molecule has 1 aliphatic carbocycles. The number of thioether (sulfide) groups is 1. The molecule has 2 aromatic rings. The summed E-state index contributed by atoms with van der Waals surface area (Å²) in [5.41, 5.74) is 2.12. The summed E-state index contributed by atoms with van der Waals surface area (Å²) in [7, 11) is 0. The van der Waals surface area contributed by atoms with E-state index in [0.29, 0.717) is 17.2 Å². The number of carbonyl (C=O) groups is 1. The molecular formula is C19H22N2OS3. The van der Waals surface area contributed by atoms with Gasteiger partial charge in [-0.1, -0.05) is 26.8 Å². The van der Waals surface area contributed by atoms with Crippen LogP contribution in [0.15, 0.2) is 21.7 Å². The van der Waals surface area contributed by atoms with E-state index in [1.54, 1.807) is 22.7 Å². The molecule has 2 heterocycles. The van der Waals surface area contributed by atoms with Gasteiger partial charge in [0.25, 0.3) is 0 Å². The third-order valence-electron chi connectivity index (χ3n) is 4.70. The minimum Gasteiger partial charge on any atom is -0.316 e. The lowest BCUT2D eigenvalue weighted by Crippen LogP contribution is -2.26. The molecule has 0 radical (unpaired) electrons. The Morgan fingerprint density at radius 2 is 2.28 bits per heavy atom. The maximum Gasteiger partial charge on any atom is 0.235 e. The summed E-state index contributed by atoms with van der Waals surface area (Å²) >= 11 is 4.77. The third-order valence-corrected chi connectivity index (χ3v) is 8.00. The molecule has 1 N–H and O–H groups in total. The van der Waals surface area contributed by atoms with Crippen molar-refractivity contribution < 1.29 is 4.79 Å². The van der Waals surface area contributed by atoms with Crippen LogP contribution in [0.2, 0.25) is 0 Å². The first kappa shape index (κ1) is 18.5. The van der Waals surface area contributed by atoms with E-state index in [9.17, 15) is 10.1 Å². The number of amides is 1. The number of nitrogens with one attached hydrogen (secondary N) is 1. The summed E-state index contributed by atoms with van der Waals surface area (Å²) in [5, 5.41) is 15.3. The van der Waals surface area contributed by atoms with Crippen molar-refractivity contribution in [1.82, 2.24) is 0 Å². The van der Waals surface area contributed by atoms with Crippen LogP contribution in [0, 0.1) is 22.7 Å². The highest BCUT2D eigenvalue weighted by Crippen LogP contribution is 2.44. The van der Waals surface area contributed by atoms with Crippen LogP contribution in [0.1, 0.15) is 43.2 Å². The summed E-state index contributed by atoms with van der Waals surface area (Å²) in [6, 6.07) is 6.32. The van der Waals surface area contributed by atoms with Crippen LogP contribution in [0.25, 0.3) is 0 Å². The van der Waals surface area contributed by atoms with Gasteiger partial charge in [0, 0.05) is 4.88 Å². The molecule has 0 fully saturated rings. The Balaban J connectivity index is 1.71. The van der Waals surface area contributed by atoms with Gasteiger partial charge in [-0.2, -0.15) is 5.26 Å². The molecule has 1 amide bonds. The van der Waals surface area contributed by atoms with Crippen LogP contribution < -0.4 is 5.32 Å². The van der Waals surface area contributed by atoms with E-state index >= 15 is 0 Å². The maximum absolute atomic E-state index is 12.3. The summed E-state index contributed by atoms with van der Waals surface area (Å²) in [5.74, 6) is 0.961. The zero-order valence-corrected chi connectivity index (χ0v) is 17.2. The second-order valence-electron chi connectivity index (χ2n) is 7.39. The largest absolute Gasteiger partial charge is 0.316 e. The van der Waals surface area contributed by atoms with E-state index in [0.717, 1.165) is 34.0 Å². The molecule has 132 valence electrons. The third kappa shape index (κ3) is 4.28. The Kier molecular flexibility index (Phi) is 5.57. The van der Waals surface area contributed by atoms with Crippen molar-refractivity contribution in [2.45, 2.75) is 44.2 Å². The molecule has 1 atom stereocenters. The van der Waals surface area contributed by atoms with Gasteiger partial charge in [-0.05, 0) is 47.6 Å². The standard InChI is InChI=1S/C19H22N2OS3/c1-19(2,3)12-6-7-13-14(10-20)18(25-15(13)9-12)21-16(22)11-24-17-5-4-8-23-17/h4-5,8,12H,6-7,9,11H2,1-3H3,(H,21,22)/t12-/m1/s1. The number of thiophene rings is 2. The molecule has 0 aromatic carbocycles. The molecule has 25 heavy (non-hydrogen) atoms. The fourth-order valence-corrected chi connectivity index (χ4v) is 6.05. The first-order chi connectivity index (χ1) is 11.9. The second kappa shape index (κ2) is 7.53. The molecule has 0 unspecified atom stereocenters.